The molecule has 29 heavy (non-hydrogen) atoms. The maximum absolute atomic E-state index is 13.3. The molecule has 1 fully saturated rings. The van der Waals surface area contributed by atoms with E-state index in [1.54, 1.807) is 0 Å². The highest BCUT2D eigenvalue weighted by Gasteiger charge is 2.28. The van der Waals surface area contributed by atoms with E-state index in [1.807, 2.05) is 35.2 Å². The second kappa shape index (κ2) is 7.78. The van der Waals surface area contributed by atoms with Gasteiger partial charge in [0.2, 0.25) is 0 Å². The van der Waals surface area contributed by atoms with E-state index in [2.05, 4.69) is 68.1 Å². The third-order valence-electron chi connectivity index (χ3n) is 5.93. The fraction of sp³-hybridized carbons (Fsp3) is 0.320. The standard InChI is InChI=1S/C25H29N3O/c1-18-16-21(12-13-24(18)26(3)4)28-15-14-27(17-19(28)2)25(29)23-11-7-9-20-8-5-6-10-22(20)23/h5-13,16,19H,14-15,17H2,1-4H3. The first-order chi connectivity index (χ1) is 14.0. The Morgan fingerprint density at radius 2 is 1.76 bits per heavy atom. The van der Waals surface area contributed by atoms with Crippen molar-refractivity contribution in [3.63, 3.8) is 0 Å². The van der Waals surface area contributed by atoms with Crippen molar-refractivity contribution in [1.29, 1.82) is 0 Å². The van der Waals surface area contributed by atoms with Crippen molar-refractivity contribution in [1.82, 2.24) is 4.90 Å². The SMILES string of the molecule is Cc1cc(N2CCN(C(=O)c3cccc4ccccc34)CC2C)ccc1N(C)C. The van der Waals surface area contributed by atoms with Gasteiger partial charge in [0, 0.05) is 56.7 Å². The van der Waals surface area contributed by atoms with Gasteiger partial charge in [0.15, 0.2) is 0 Å². The Morgan fingerprint density at radius 1 is 1.00 bits per heavy atom. The first-order valence-corrected chi connectivity index (χ1v) is 10.3. The Balaban J connectivity index is 1.53. The predicted octanol–water partition coefficient (Wildman–Crippen LogP) is 4.57. The Morgan fingerprint density at radius 3 is 2.48 bits per heavy atom. The third-order valence-corrected chi connectivity index (χ3v) is 5.93. The van der Waals surface area contributed by atoms with Crippen LogP contribution in [-0.2, 0) is 0 Å². The number of aryl methyl sites for hydroxylation is 1. The lowest BCUT2D eigenvalue weighted by Crippen LogP contribution is -2.53. The van der Waals surface area contributed by atoms with Crippen molar-refractivity contribution in [2.45, 2.75) is 19.9 Å². The minimum absolute atomic E-state index is 0.132. The van der Waals surface area contributed by atoms with Crippen molar-refractivity contribution in [3.8, 4) is 0 Å². The van der Waals surface area contributed by atoms with Crippen molar-refractivity contribution in [2.75, 3.05) is 43.5 Å². The highest BCUT2D eigenvalue weighted by atomic mass is 16.2. The molecule has 0 N–H and O–H groups in total. The second-order valence-electron chi connectivity index (χ2n) is 8.19. The van der Waals surface area contributed by atoms with Gasteiger partial charge in [-0.1, -0.05) is 36.4 Å². The van der Waals surface area contributed by atoms with Crippen molar-refractivity contribution in [2.24, 2.45) is 0 Å². The van der Waals surface area contributed by atoms with Crippen LogP contribution in [0.25, 0.3) is 10.8 Å². The van der Waals surface area contributed by atoms with Gasteiger partial charge >= 0.3 is 0 Å². The lowest BCUT2D eigenvalue weighted by Gasteiger charge is -2.41. The van der Waals surface area contributed by atoms with Gasteiger partial charge in [0.1, 0.15) is 0 Å². The smallest absolute Gasteiger partial charge is 0.254 e. The second-order valence-corrected chi connectivity index (χ2v) is 8.19. The van der Waals surface area contributed by atoms with Gasteiger partial charge in [-0.05, 0) is 54.4 Å². The molecule has 0 radical (unpaired) electrons. The molecule has 0 spiro atoms. The van der Waals surface area contributed by atoms with Crippen LogP contribution in [0.5, 0.6) is 0 Å². The number of rotatable bonds is 3. The topological polar surface area (TPSA) is 26.8 Å². The molecule has 0 aliphatic carbocycles. The Kier molecular flexibility index (Phi) is 5.18. The normalized spacial score (nSPS) is 16.9. The number of carbonyl (C=O) groups excluding carboxylic acids is 1. The van der Waals surface area contributed by atoms with E-state index >= 15 is 0 Å². The summed E-state index contributed by atoms with van der Waals surface area (Å²) in [5.74, 6) is 0.132. The number of hydrogen-bond donors (Lipinski definition) is 0. The van der Waals surface area contributed by atoms with Crippen LogP contribution in [0.4, 0.5) is 11.4 Å². The van der Waals surface area contributed by atoms with E-state index in [9.17, 15) is 4.79 Å². The van der Waals surface area contributed by atoms with E-state index in [0.717, 1.165) is 36.0 Å². The minimum atomic E-state index is 0.132. The zero-order valence-corrected chi connectivity index (χ0v) is 17.7. The summed E-state index contributed by atoms with van der Waals surface area (Å²) in [6, 6.07) is 21.0. The summed E-state index contributed by atoms with van der Waals surface area (Å²) in [6.07, 6.45) is 0. The first-order valence-electron chi connectivity index (χ1n) is 10.3. The number of carbonyl (C=O) groups is 1. The monoisotopic (exact) mass is 387 g/mol. The molecule has 0 aromatic heterocycles. The summed E-state index contributed by atoms with van der Waals surface area (Å²) >= 11 is 0. The largest absolute Gasteiger partial charge is 0.377 e. The van der Waals surface area contributed by atoms with E-state index in [1.165, 1.54) is 16.9 Å². The Bertz CT molecular complexity index is 1040. The molecule has 1 unspecified atom stereocenters. The number of hydrogen-bond acceptors (Lipinski definition) is 3. The molecule has 150 valence electrons. The molecule has 1 aliphatic rings. The zero-order chi connectivity index (χ0) is 20.5. The molecule has 3 aromatic rings. The first kappa shape index (κ1) is 19.3. The maximum Gasteiger partial charge on any atom is 0.254 e. The number of anilines is 2. The summed E-state index contributed by atoms with van der Waals surface area (Å²) in [4.78, 5) is 19.8. The fourth-order valence-corrected chi connectivity index (χ4v) is 4.43. The van der Waals surface area contributed by atoms with Crippen LogP contribution >= 0.6 is 0 Å². The fourth-order valence-electron chi connectivity index (χ4n) is 4.43. The molecular formula is C25H29N3O. The van der Waals surface area contributed by atoms with E-state index < -0.39 is 0 Å². The van der Waals surface area contributed by atoms with Gasteiger partial charge in [-0.2, -0.15) is 0 Å². The molecule has 4 nitrogen and oxygen atoms in total. The van der Waals surface area contributed by atoms with Gasteiger partial charge in [-0.15, -0.1) is 0 Å². The average molecular weight is 388 g/mol. The number of amides is 1. The summed E-state index contributed by atoms with van der Waals surface area (Å²) in [5, 5.41) is 2.14. The van der Waals surface area contributed by atoms with Crippen molar-refractivity contribution >= 4 is 28.1 Å². The highest BCUT2D eigenvalue weighted by Crippen LogP contribution is 2.28. The van der Waals surface area contributed by atoms with Crippen LogP contribution in [0.2, 0.25) is 0 Å². The summed E-state index contributed by atoms with van der Waals surface area (Å²) < 4.78 is 0. The Labute approximate surface area is 173 Å². The molecule has 4 heteroatoms. The molecule has 1 atom stereocenters. The Hall–Kier alpha value is -3.01. The van der Waals surface area contributed by atoms with Crippen LogP contribution in [0.15, 0.2) is 60.7 Å². The molecule has 0 saturated carbocycles. The average Bonchev–Trinajstić information content (AvgIpc) is 2.72. The number of fused-ring (bicyclic) bond motifs is 1. The van der Waals surface area contributed by atoms with Crippen LogP contribution in [0, 0.1) is 6.92 Å². The maximum atomic E-state index is 13.3. The van der Waals surface area contributed by atoms with Crippen LogP contribution < -0.4 is 9.80 Å². The molecule has 1 aliphatic heterocycles. The molecule has 1 heterocycles. The molecule has 1 amide bonds. The number of nitrogens with zero attached hydrogens (tertiary/aromatic N) is 3. The van der Waals surface area contributed by atoms with Crippen LogP contribution in [-0.4, -0.2) is 50.6 Å². The minimum Gasteiger partial charge on any atom is -0.377 e. The quantitative estimate of drug-likeness (QED) is 0.659. The van der Waals surface area contributed by atoms with Gasteiger partial charge in [-0.25, -0.2) is 0 Å². The van der Waals surface area contributed by atoms with E-state index in [0.29, 0.717) is 0 Å². The lowest BCUT2D eigenvalue weighted by atomic mass is 10.0. The van der Waals surface area contributed by atoms with Gasteiger partial charge in [-0.3, -0.25) is 4.79 Å². The van der Waals surface area contributed by atoms with E-state index in [4.69, 9.17) is 0 Å². The predicted molar refractivity (Wildman–Crippen MR) is 122 cm³/mol. The molecule has 4 rings (SSSR count). The van der Waals surface area contributed by atoms with Gasteiger partial charge < -0.3 is 14.7 Å². The molecule has 1 saturated heterocycles. The van der Waals surface area contributed by atoms with Gasteiger partial charge in [0.25, 0.3) is 5.91 Å². The summed E-state index contributed by atoms with van der Waals surface area (Å²) in [7, 11) is 4.14. The van der Waals surface area contributed by atoms with Crippen molar-refractivity contribution < 1.29 is 4.79 Å². The molecular weight excluding hydrogens is 358 g/mol. The zero-order valence-electron chi connectivity index (χ0n) is 17.7. The summed E-state index contributed by atoms with van der Waals surface area (Å²) in [6.45, 7) is 6.68. The third kappa shape index (κ3) is 3.67. The number of benzene rings is 3. The number of piperazine rings is 1. The lowest BCUT2D eigenvalue weighted by molar-refractivity contribution is 0.0728. The highest BCUT2D eigenvalue weighted by molar-refractivity contribution is 6.07. The van der Waals surface area contributed by atoms with E-state index in [-0.39, 0.29) is 11.9 Å². The van der Waals surface area contributed by atoms with Gasteiger partial charge in [0.05, 0.1) is 0 Å². The molecule has 3 aromatic carbocycles. The van der Waals surface area contributed by atoms with Crippen molar-refractivity contribution in [3.05, 3.63) is 71.8 Å². The van der Waals surface area contributed by atoms with Crippen LogP contribution in [0.1, 0.15) is 22.8 Å². The van der Waals surface area contributed by atoms with Crippen LogP contribution in [0.3, 0.4) is 0 Å². The summed E-state index contributed by atoms with van der Waals surface area (Å²) in [5.41, 5.74) is 4.55. The molecule has 0 bridgehead atoms.